The molecule has 0 atom stereocenters. The first-order chi connectivity index (χ1) is 57.8. The van der Waals surface area contributed by atoms with E-state index >= 15 is 9.59 Å². The molecule has 8 nitrogen and oxygen atoms in total. The van der Waals surface area contributed by atoms with E-state index in [9.17, 15) is 9.59 Å². The van der Waals surface area contributed by atoms with E-state index in [1.54, 1.807) is 66.8 Å². The molecule has 0 radical (unpaired) electrons. The Hall–Kier alpha value is -15.4. The van der Waals surface area contributed by atoms with Crippen LogP contribution < -0.4 is 22.2 Å². The molecule has 1 aliphatic carbocycles. The highest BCUT2D eigenvalue weighted by molar-refractivity contribution is 5.74. The van der Waals surface area contributed by atoms with Crippen LogP contribution in [0.3, 0.4) is 0 Å². The van der Waals surface area contributed by atoms with E-state index in [0.717, 1.165) is 139 Å². The van der Waals surface area contributed by atoms with E-state index in [1.165, 1.54) is 0 Å². The lowest BCUT2D eigenvalue weighted by atomic mass is 10.1. The highest BCUT2D eigenvalue weighted by Crippen LogP contribution is 2.19. The SMILES string of the molecule is CCCCn1c(=O)c2ccc(cc2)c(=O)n(CCCC)c2cc3cc(c#cc4cccc(c#cc5cccc(c#cc6cc(cc(c6)n(CCCC)c(=O)c6ccc(cc6)c(=O)n(CCCC)c6ccc(c#cc7ccc(c#cc8ccc1cc8)cc7)cc6)C#Cc1cccc(c1)C#Cc1cccc(c1)C#Cc1cccc(c1)C#C3)c5)c4)c2. The molecule has 26 bridgehead atoms. The van der Waals surface area contributed by atoms with Gasteiger partial charge in [-0.05, 0) is 274 Å². The van der Waals surface area contributed by atoms with Gasteiger partial charge < -0.3 is 18.3 Å². The molecule has 0 amide bonds. The number of fused-ring (bicyclic) bond motifs is 11. The number of aromatic nitrogens is 4. The molecular formula is C110H82N4O4. The van der Waals surface area contributed by atoms with Crippen LogP contribution in [0.5, 0.6) is 0 Å². The monoisotopic (exact) mass is 1520 g/mol. The Morgan fingerprint density at radius 1 is 0.195 bits per heavy atom. The second kappa shape index (κ2) is 38.9. The lowest BCUT2D eigenvalue weighted by molar-refractivity contribution is 0.634. The highest BCUT2D eigenvalue weighted by Gasteiger charge is 2.09. The number of nitrogens with zero attached hydrogens (tertiary/aromatic N) is 4. The molecule has 7 aromatic heterocycles. The molecule has 20 rings (SSSR count). The fourth-order valence-corrected chi connectivity index (χ4v) is 13.4. The summed E-state index contributed by atoms with van der Waals surface area (Å²) >= 11 is 0. The van der Waals surface area contributed by atoms with Crippen LogP contribution >= 0.6 is 0 Å². The number of hydrogen-bond donors (Lipinski definition) is 0. The zero-order valence-electron chi connectivity index (χ0n) is 66.5. The van der Waals surface area contributed by atoms with E-state index in [2.05, 4.69) is 136 Å². The van der Waals surface area contributed by atoms with Gasteiger partial charge >= 0.3 is 0 Å². The average molecular weight is 1520 g/mol. The maximum atomic E-state index is 15.2. The molecule has 0 saturated heterocycles. The van der Waals surface area contributed by atoms with Crippen LogP contribution in [0.4, 0.5) is 0 Å². The number of benzene rings is 12. The van der Waals surface area contributed by atoms with Crippen LogP contribution in [0.2, 0.25) is 0 Å². The molecule has 1 aliphatic rings. The molecule has 0 saturated carbocycles. The van der Waals surface area contributed by atoms with Crippen LogP contribution in [0, 0.1) is 108 Å². The third kappa shape index (κ3) is 21.1. The minimum atomic E-state index is -0.231. The van der Waals surface area contributed by atoms with Crippen LogP contribution in [0.1, 0.15) is 124 Å². The number of unbranched alkanes of at least 4 members (excludes halogenated alkanes) is 4. The zero-order valence-corrected chi connectivity index (χ0v) is 66.5. The van der Waals surface area contributed by atoms with Gasteiger partial charge in [0.25, 0.3) is 22.2 Å². The summed E-state index contributed by atoms with van der Waals surface area (Å²) in [4.78, 5) is 59.7. The van der Waals surface area contributed by atoms with Gasteiger partial charge in [-0.1, -0.05) is 192 Å². The molecular weight excluding hydrogens is 1440 g/mol. The molecule has 0 N–H and O–H groups in total. The van der Waals surface area contributed by atoms with E-state index in [1.807, 2.05) is 231 Å². The molecule has 12 aromatic carbocycles. The second-order valence-corrected chi connectivity index (χ2v) is 28.8. The fourth-order valence-electron chi connectivity index (χ4n) is 13.4. The molecule has 566 valence electrons. The van der Waals surface area contributed by atoms with Crippen molar-refractivity contribution in [3.05, 3.63) is 426 Å². The van der Waals surface area contributed by atoms with E-state index < -0.39 is 0 Å². The smallest absolute Gasteiger partial charge is 0.258 e. The normalized spacial score (nSPS) is 10.6. The minimum absolute atomic E-state index is 0.181. The van der Waals surface area contributed by atoms with Crippen molar-refractivity contribution in [2.24, 2.45) is 0 Å². The van der Waals surface area contributed by atoms with Crippen molar-refractivity contribution in [2.45, 2.75) is 105 Å². The Labute approximate surface area is 689 Å². The number of aryl methyl sites for hydroxylation is 4. The summed E-state index contributed by atoms with van der Waals surface area (Å²) in [5, 5.41) is 9.24. The summed E-state index contributed by atoms with van der Waals surface area (Å²) in [5.41, 5.74) is 7.84. The van der Waals surface area contributed by atoms with E-state index in [-0.39, 0.29) is 22.2 Å². The fraction of sp³-hybridized carbons (Fsp3) is 0.145. The van der Waals surface area contributed by atoms with Gasteiger partial charge in [0.2, 0.25) is 0 Å². The molecule has 7 heterocycles. The van der Waals surface area contributed by atoms with Crippen molar-refractivity contribution in [1.29, 1.82) is 0 Å². The second-order valence-electron chi connectivity index (χ2n) is 28.8. The Bertz CT molecular complexity index is 6700. The Morgan fingerprint density at radius 3 is 0.678 bits per heavy atom. The van der Waals surface area contributed by atoms with Crippen LogP contribution in [0.25, 0.3) is 97.5 Å². The standard InChI is InChI=1S/C110H82N4O4/c1-5-9-66-111-103-62-50-83(51-63-103)34-32-81-28-30-82(31-29-81)33-35-84-52-64-104(65-53-84)112(67-10-6-2)108(116)100-56-60-102(61-57-100)110(118)114(69-12-8-4)106-78-96-47-43-92-25-15-21-88(72-92)39-37-86-19-13-18-85(70-86)36-38-87-20-14-24-91(71-87)42-46-95-75-97(79-105(77-95)113(68-11-7-3)109(117)101-58-54-99(55-59-101)107(111)115)48-44-93-26-16-22-89(73-93)40-41-90-23-17-27-94(74-90)45-49-98(76-96)80-106/h13-31,50-65,70-80H,5-12,66-69H2,1-4H3. The van der Waals surface area contributed by atoms with Crippen LogP contribution in [0.15, 0.2) is 298 Å². The first-order valence-electron chi connectivity index (χ1n) is 40.1. The summed E-state index contributed by atoms with van der Waals surface area (Å²) in [6.45, 7) is 10.2. The maximum Gasteiger partial charge on any atom is 0.258 e. The molecule has 8 heteroatoms. The van der Waals surface area contributed by atoms with Gasteiger partial charge in [-0.3, -0.25) is 19.2 Å². The van der Waals surface area contributed by atoms with E-state index in [0.29, 0.717) is 80.7 Å². The quantitative estimate of drug-likeness (QED) is 0.114. The van der Waals surface area contributed by atoms with Gasteiger partial charge in [-0.25, -0.2) is 0 Å². The largest absolute Gasteiger partial charge is 0.308 e. The molecule has 0 unspecified atom stereocenters. The predicted molar refractivity (Wildman–Crippen MR) is 484 cm³/mol. The first kappa shape index (κ1) is 79.2. The number of hydrogen-bond acceptors (Lipinski definition) is 4. The molecule has 118 heavy (non-hydrogen) atoms. The van der Waals surface area contributed by atoms with Crippen LogP contribution in [-0.2, 0) is 26.2 Å². The molecule has 0 fully saturated rings. The van der Waals surface area contributed by atoms with Gasteiger partial charge in [0.1, 0.15) is 0 Å². The highest BCUT2D eigenvalue weighted by atomic mass is 16.1. The Kier molecular flexibility index (Phi) is 26.1. The summed E-state index contributed by atoms with van der Waals surface area (Å²) in [6, 6.07) is 121. The van der Waals surface area contributed by atoms with Crippen LogP contribution in [-0.4, -0.2) is 18.3 Å². The first-order valence-corrected chi connectivity index (χ1v) is 40.1. The van der Waals surface area contributed by atoms with Crippen molar-refractivity contribution in [3.63, 3.8) is 0 Å². The van der Waals surface area contributed by atoms with Crippen molar-refractivity contribution in [1.82, 2.24) is 18.3 Å². The maximum absolute atomic E-state index is 15.2. The summed E-state index contributed by atoms with van der Waals surface area (Å²) < 4.78 is 7.16. The molecule has 0 spiro atoms. The van der Waals surface area contributed by atoms with E-state index in [4.69, 9.17) is 0 Å². The topological polar surface area (TPSA) is 88.0 Å². The summed E-state index contributed by atoms with van der Waals surface area (Å²) in [7, 11) is 0. The lowest BCUT2D eigenvalue weighted by Crippen LogP contribution is -2.20. The van der Waals surface area contributed by atoms with Crippen molar-refractivity contribution < 1.29 is 0 Å². The zero-order chi connectivity index (χ0) is 81.4. The Morgan fingerprint density at radius 2 is 0.415 bits per heavy atom. The summed E-state index contributed by atoms with van der Waals surface area (Å²) in [5.74, 6) is 27.0. The van der Waals surface area contributed by atoms with Gasteiger partial charge in [0.15, 0.2) is 0 Å². The van der Waals surface area contributed by atoms with Gasteiger partial charge in [-0.15, -0.1) is 0 Å². The minimum Gasteiger partial charge on any atom is -0.308 e. The Balaban J connectivity index is 0.990. The van der Waals surface area contributed by atoms with Crippen molar-refractivity contribution >= 4 is 97.5 Å². The predicted octanol–water partition coefficient (Wildman–Crippen LogP) is 22.3. The lowest BCUT2D eigenvalue weighted by Gasteiger charge is -2.07. The van der Waals surface area contributed by atoms with Gasteiger partial charge in [0.05, 0.1) is 0 Å². The number of rotatable bonds is 12. The average Bonchev–Trinajstić information content (AvgIpc) is 0.810. The van der Waals surface area contributed by atoms with Gasteiger partial charge in [0, 0.05) is 168 Å². The van der Waals surface area contributed by atoms with Gasteiger partial charge in [-0.2, -0.15) is 0 Å². The molecule has 0 aliphatic heterocycles. The van der Waals surface area contributed by atoms with Crippen molar-refractivity contribution in [2.75, 3.05) is 0 Å². The summed E-state index contributed by atoms with van der Waals surface area (Å²) in [6.07, 6.45) is 6.42. The third-order valence-corrected chi connectivity index (χ3v) is 19.9. The van der Waals surface area contributed by atoms with Crippen molar-refractivity contribution in [3.8, 4) is 47.4 Å². The molecule has 19 aromatic rings. The third-order valence-electron chi connectivity index (χ3n) is 19.9.